The van der Waals surface area contributed by atoms with E-state index in [4.69, 9.17) is 5.73 Å². The second-order valence-electron chi connectivity index (χ2n) is 4.19. The molecule has 1 heterocycles. The third kappa shape index (κ3) is 2.59. The molecule has 1 aromatic carbocycles. The third-order valence-corrected chi connectivity index (χ3v) is 2.73. The zero-order valence-corrected chi connectivity index (χ0v) is 8.90. The molecule has 3 N–H and O–H groups in total. The zero-order valence-electron chi connectivity index (χ0n) is 8.90. The highest BCUT2D eigenvalue weighted by molar-refractivity contribution is 5.97. The van der Waals surface area contributed by atoms with Crippen LogP contribution in [0.5, 0.6) is 0 Å². The van der Waals surface area contributed by atoms with E-state index < -0.39 is 0 Å². The van der Waals surface area contributed by atoms with Crippen molar-refractivity contribution in [3.63, 3.8) is 0 Å². The Morgan fingerprint density at radius 1 is 1.12 bits per heavy atom. The Labute approximate surface area is 93.8 Å². The van der Waals surface area contributed by atoms with Crippen molar-refractivity contribution in [3.8, 4) is 0 Å². The van der Waals surface area contributed by atoms with E-state index in [-0.39, 0.29) is 17.7 Å². The first-order valence-corrected chi connectivity index (χ1v) is 5.30. The maximum atomic E-state index is 11.2. The molecule has 2 amide bonds. The average molecular weight is 218 g/mol. The van der Waals surface area contributed by atoms with Gasteiger partial charge in [-0.25, -0.2) is 0 Å². The molecule has 0 radical (unpaired) electrons. The number of nitrogen functional groups attached to an aromatic ring is 1. The van der Waals surface area contributed by atoms with Gasteiger partial charge in [0.1, 0.15) is 0 Å². The molecule has 0 spiro atoms. The van der Waals surface area contributed by atoms with E-state index in [9.17, 15) is 9.59 Å². The van der Waals surface area contributed by atoms with Crippen molar-refractivity contribution in [2.45, 2.75) is 19.3 Å². The molecular formula is C12H14N2O2. The maximum absolute atomic E-state index is 11.2. The molecule has 16 heavy (non-hydrogen) atoms. The number of piperidine rings is 1. The van der Waals surface area contributed by atoms with Crippen molar-refractivity contribution in [1.29, 1.82) is 0 Å². The molecular weight excluding hydrogens is 204 g/mol. The molecule has 84 valence electrons. The highest BCUT2D eigenvalue weighted by Gasteiger charge is 2.24. The minimum absolute atomic E-state index is 0.116. The molecule has 0 aromatic heterocycles. The molecule has 0 unspecified atom stereocenters. The summed E-state index contributed by atoms with van der Waals surface area (Å²) >= 11 is 0. The van der Waals surface area contributed by atoms with E-state index in [1.807, 2.05) is 24.3 Å². The fraction of sp³-hybridized carbons (Fsp3) is 0.333. The number of anilines is 1. The fourth-order valence-corrected chi connectivity index (χ4v) is 1.99. The van der Waals surface area contributed by atoms with E-state index in [0.29, 0.717) is 12.8 Å². The molecule has 0 saturated carbocycles. The lowest BCUT2D eigenvalue weighted by atomic mass is 9.90. The summed E-state index contributed by atoms with van der Waals surface area (Å²) in [7, 11) is 0. The van der Waals surface area contributed by atoms with Gasteiger partial charge in [0.2, 0.25) is 11.8 Å². The first kappa shape index (κ1) is 10.7. The molecule has 0 bridgehead atoms. The van der Waals surface area contributed by atoms with Crippen LogP contribution in [-0.2, 0) is 16.0 Å². The third-order valence-electron chi connectivity index (χ3n) is 2.73. The average Bonchev–Trinajstić information content (AvgIpc) is 2.20. The number of benzene rings is 1. The highest BCUT2D eigenvalue weighted by Crippen LogP contribution is 2.19. The van der Waals surface area contributed by atoms with Gasteiger partial charge < -0.3 is 5.73 Å². The minimum atomic E-state index is -0.170. The molecule has 4 heteroatoms. The number of nitrogens with one attached hydrogen (secondary N) is 1. The Bertz CT molecular complexity index is 396. The topological polar surface area (TPSA) is 72.2 Å². The van der Waals surface area contributed by atoms with Gasteiger partial charge in [0.15, 0.2) is 0 Å². The Morgan fingerprint density at radius 3 is 2.25 bits per heavy atom. The Kier molecular flexibility index (Phi) is 2.90. The number of amides is 2. The van der Waals surface area contributed by atoms with Crippen molar-refractivity contribution < 1.29 is 9.59 Å². The Morgan fingerprint density at radius 2 is 1.69 bits per heavy atom. The van der Waals surface area contributed by atoms with E-state index in [1.165, 1.54) is 0 Å². The van der Waals surface area contributed by atoms with Crippen LogP contribution in [0.4, 0.5) is 5.69 Å². The van der Waals surface area contributed by atoms with E-state index in [1.54, 1.807) is 0 Å². The molecule has 1 aliphatic heterocycles. The molecule has 1 aromatic rings. The lowest BCUT2D eigenvalue weighted by Gasteiger charge is -2.20. The second-order valence-corrected chi connectivity index (χ2v) is 4.19. The van der Waals surface area contributed by atoms with E-state index in [0.717, 1.165) is 17.7 Å². The summed E-state index contributed by atoms with van der Waals surface area (Å²) in [6, 6.07) is 7.54. The second kappa shape index (κ2) is 4.35. The van der Waals surface area contributed by atoms with Crippen LogP contribution < -0.4 is 11.1 Å². The minimum Gasteiger partial charge on any atom is -0.399 e. The largest absolute Gasteiger partial charge is 0.399 e. The van der Waals surface area contributed by atoms with Crippen molar-refractivity contribution in [2.24, 2.45) is 5.92 Å². The lowest BCUT2D eigenvalue weighted by molar-refractivity contribution is -0.134. The predicted molar refractivity (Wildman–Crippen MR) is 60.4 cm³/mol. The molecule has 1 aliphatic rings. The molecule has 0 aliphatic carbocycles. The van der Waals surface area contributed by atoms with Gasteiger partial charge in [-0.1, -0.05) is 12.1 Å². The summed E-state index contributed by atoms with van der Waals surface area (Å²) in [6.45, 7) is 0. The zero-order chi connectivity index (χ0) is 11.5. The lowest BCUT2D eigenvalue weighted by Crippen LogP contribution is -2.39. The van der Waals surface area contributed by atoms with Crippen molar-refractivity contribution in [2.75, 3.05) is 5.73 Å². The summed E-state index contributed by atoms with van der Waals surface area (Å²) < 4.78 is 0. The fourth-order valence-electron chi connectivity index (χ4n) is 1.99. The molecule has 2 rings (SSSR count). The number of hydrogen-bond donors (Lipinski definition) is 2. The Balaban J connectivity index is 2.01. The summed E-state index contributed by atoms with van der Waals surface area (Å²) in [5, 5.41) is 2.31. The van der Waals surface area contributed by atoms with Gasteiger partial charge in [0.05, 0.1) is 0 Å². The van der Waals surface area contributed by atoms with Crippen LogP contribution in [0.2, 0.25) is 0 Å². The SMILES string of the molecule is Nc1ccc(CC2CC(=O)NC(=O)C2)cc1. The molecule has 0 atom stereocenters. The number of carbonyl (C=O) groups excluding carboxylic acids is 2. The molecule has 1 fully saturated rings. The standard InChI is InChI=1S/C12H14N2O2/c13-10-3-1-8(2-4-10)5-9-6-11(15)14-12(16)7-9/h1-4,9H,5-7,13H2,(H,14,15,16). The number of nitrogens with two attached hydrogens (primary N) is 1. The first-order valence-electron chi connectivity index (χ1n) is 5.30. The van der Waals surface area contributed by atoms with Gasteiger partial charge in [-0.3, -0.25) is 14.9 Å². The van der Waals surface area contributed by atoms with Crippen molar-refractivity contribution >= 4 is 17.5 Å². The molecule has 4 nitrogen and oxygen atoms in total. The van der Waals surface area contributed by atoms with Crippen LogP contribution in [0.15, 0.2) is 24.3 Å². The predicted octanol–water partition coefficient (Wildman–Crippen LogP) is 0.864. The molecule has 1 saturated heterocycles. The smallest absolute Gasteiger partial charge is 0.226 e. The summed E-state index contributed by atoms with van der Waals surface area (Å²) in [6.07, 6.45) is 1.60. The number of rotatable bonds is 2. The van der Waals surface area contributed by atoms with Gasteiger partial charge in [-0.15, -0.1) is 0 Å². The van der Waals surface area contributed by atoms with Crippen LogP contribution >= 0.6 is 0 Å². The van der Waals surface area contributed by atoms with Gasteiger partial charge >= 0.3 is 0 Å². The van der Waals surface area contributed by atoms with Gasteiger partial charge in [0, 0.05) is 18.5 Å². The summed E-state index contributed by atoms with van der Waals surface area (Å²) in [5.41, 5.74) is 7.42. The highest BCUT2D eigenvalue weighted by atomic mass is 16.2. The van der Waals surface area contributed by atoms with Crippen molar-refractivity contribution in [1.82, 2.24) is 5.32 Å². The number of carbonyl (C=O) groups is 2. The first-order chi connectivity index (χ1) is 7.63. The van der Waals surface area contributed by atoms with Gasteiger partial charge in [0.25, 0.3) is 0 Å². The van der Waals surface area contributed by atoms with Crippen LogP contribution in [0.1, 0.15) is 18.4 Å². The Hall–Kier alpha value is -1.84. The van der Waals surface area contributed by atoms with Crippen LogP contribution in [0, 0.1) is 5.92 Å². The van der Waals surface area contributed by atoms with Crippen LogP contribution in [0.25, 0.3) is 0 Å². The van der Waals surface area contributed by atoms with E-state index >= 15 is 0 Å². The van der Waals surface area contributed by atoms with E-state index in [2.05, 4.69) is 5.32 Å². The normalized spacial score (nSPS) is 17.2. The van der Waals surface area contributed by atoms with Gasteiger partial charge in [-0.2, -0.15) is 0 Å². The monoisotopic (exact) mass is 218 g/mol. The van der Waals surface area contributed by atoms with Crippen LogP contribution in [-0.4, -0.2) is 11.8 Å². The summed E-state index contributed by atoms with van der Waals surface area (Å²) in [4.78, 5) is 22.4. The maximum Gasteiger partial charge on any atom is 0.226 e. The van der Waals surface area contributed by atoms with Crippen molar-refractivity contribution in [3.05, 3.63) is 29.8 Å². The van der Waals surface area contributed by atoms with Crippen LogP contribution in [0.3, 0.4) is 0 Å². The number of hydrogen-bond acceptors (Lipinski definition) is 3. The quantitative estimate of drug-likeness (QED) is 0.571. The number of imide groups is 1. The summed E-state index contributed by atoms with van der Waals surface area (Å²) in [5.74, 6) is -0.224. The van der Waals surface area contributed by atoms with Gasteiger partial charge in [-0.05, 0) is 30.0 Å².